The van der Waals surface area contributed by atoms with Crippen molar-refractivity contribution in [2.45, 2.75) is 56.4 Å². The molecule has 0 spiro atoms. The van der Waals surface area contributed by atoms with Crippen molar-refractivity contribution in [2.24, 2.45) is 5.73 Å². The molecule has 1 unspecified atom stereocenters. The Kier molecular flexibility index (Phi) is 11.4. The lowest BCUT2D eigenvalue weighted by Crippen LogP contribution is -2.46. The summed E-state index contributed by atoms with van der Waals surface area (Å²) in [5.74, 6) is 0.305. The van der Waals surface area contributed by atoms with Gasteiger partial charge in [-0.2, -0.15) is 0 Å². The molecule has 2 aromatic heterocycles. The molecule has 3 heterocycles. The molecular weight excluding hydrogens is 619 g/mol. The lowest BCUT2D eigenvalue weighted by Gasteiger charge is -2.37. The van der Waals surface area contributed by atoms with Gasteiger partial charge in [0.05, 0.1) is 23.1 Å². The Bertz CT molecular complexity index is 1450. The molecule has 1 aliphatic rings. The van der Waals surface area contributed by atoms with Gasteiger partial charge >= 0.3 is 0 Å². The van der Waals surface area contributed by atoms with Crippen LogP contribution < -0.4 is 11.1 Å². The number of halogens is 2. The molecule has 3 aromatic rings. The molecule has 0 radical (unpaired) electrons. The normalized spacial score (nSPS) is 15.7. The highest BCUT2D eigenvalue weighted by molar-refractivity contribution is 7.99. The first kappa shape index (κ1) is 34.2. The number of benzene rings is 1. The van der Waals surface area contributed by atoms with Crippen molar-refractivity contribution in [3.05, 3.63) is 53.2 Å². The van der Waals surface area contributed by atoms with E-state index in [1.54, 1.807) is 6.07 Å². The van der Waals surface area contributed by atoms with Gasteiger partial charge in [-0.25, -0.2) is 14.4 Å². The van der Waals surface area contributed by atoms with Gasteiger partial charge in [0.25, 0.3) is 0 Å². The Labute approximate surface area is 269 Å². The average molecular weight is 661 g/mol. The van der Waals surface area contributed by atoms with Crippen molar-refractivity contribution in [1.29, 1.82) is 0 Å². The second-order valence-electron chi connectivity index (χ2n) is 12.5. The molecule has 1 atom stereocenters. The van der Waals surface area contributed by atoms with E-state index in [1.165, 1.54) is 36.3 Å². The maximum atomic E-state index is 14.8. The van der Waals surface area contributed by atoms with E-state index in [0.717, 1.165) is 26.2 Å². The number of likely N-dealkylation sites (N-methyl/N-ethyl adjacent to an activating group) is 1. The van der Waals surface area contributed by atoms with Crippen LogP contribution in [0.25, 0.3) is 11.3 Å². The molecule has 1 fully saturated rings. The molecule has 0 bridgehead atoms. The number of nitrogens with two attached hydrogens (primary N) is 1. The van der Waals surface area contributed by atoms with E-state index in [1.807, 2.05) is 6.07 Å². The van der Waals surface area contributed by atoms with Crippen molar-refractivity contribution in [3.63, 3.8) is 0 Å². The van der Waals surface area contributed by atoms with Gasteiger partial charge < -0.3 is 20.4 Å². The Morgan fingerprint density at radius 2 is 1.89 bits per heavy atom. The molecule has 1 saturated heterocycles. The zero-order valence-electron chi connectivity index (χ0n) is 26.2. The summed E-state index contributed by atoms with van der Waals surface area (Å²) < 4.78 is 21.1. The van der Waals surface area contributed by atoms with Gasteiger partial charge in [-0.15, -0.1) is 22.0 Å². The molecule has 1 aromatic carbocycles. The summed E-state index contributed by atoms with van der Waals surface area (Å²) in [5, 5.41) is 13.3. The standard InChI is InChI=1S/C30H42ClFN8O2SSi/c1-30(2,3)44(5,6)42-13-14-43-29-25(16-23(37-38-29)21-15-20(31)7-8-22(21)32)36-28-17-24(34-19-35-28)26(18-27(33)41)40-11-9-39(4)10-12-40/h7-8,15-17,19,26H,9-14,18H2,1-6H3,(H2,33,41)(H,34,35,36,37). The number of anilines is 2. The van der Waals surface area contributed by atoms with Crippen LogP contribution in [0.1, 0.15) is 38.9 Å². The summed E-state index contributed by atoms with van der Waals surface area (Å²) in [4.78, 5) is 25.5. The highest BCUT2D eigenvalue weighted by atomic mass is 35.5. The van der Waals surface area contributed by atoms with Crippen molar-refractivity contribution < 1.29 is 13.6 Å². The van der Waals surface area contributed by atoms with Crippen molar-refractivity contribution in [3.8, 4) is 11.3 Å². The maximum Gasteiger partial charge on any atom is 0.219 e. The van der Waals surface area contributed by atoms with Gasteiger partial charge in [-0.3, -0.25) is 9.69 Å². The molecule has 10 nitrogen and oxygen atoms in total. The molecule has 4 rings (SSSR count). The van der Waals surface area contributed by atoms with Crippen molar-refractivity contribution >= 4 is 49.1 Å². The topological polar surface area (TPSA) is 122 Å². The first-order valence-electron chi connectivity index (χ1n) is 14.6. The SMILES string of the molecule is CN1CCN(C(CC(N)=O)c2cc(Nc3cc(-c4cc(Cl)ccc4F)nnc3SCCO[Si](C)(C)C(C)(C)C)ncn2)CC1. The number of amides is 1. The largest absolute Gasteiger partial charge is 0.416 e. The van der Waals surface area contributed by atoms with E-state index in [-0.39, 0.29) is 23.1 Å². The Morgan fingerprint density at radius 1 is 1.16 bits per heavy atom. The third kappa shape index (κ3) is 8.95. The lowest BCUT2D eigenvalue weighted by atomic mass is 10.1. The molecule has 1 amide bonds. The van der Waals surface area contributed by atoms with Crippen LogP contribution in [0.3, 0.4) is 0 Å². The number of primary amides is 1. The molecule has 1 aliphatic heterocycles. The van der Waals surface area contributed by atoms with Gasteiger partial charge in [0.15, 0.2) is 8.32 Å². The zero-order chi connectivity index (χ0) is 32.1. The molecular formula is C30H42ClFN8O2SSi. The number of rotatable bonds is 12. The van der Waals surface area contributed by atoms with Gasteiger partial charge in [-0.05, 0) is 49.4 Å². The minimum Gasteiger partial charge on any atom is -0.416 e. The summed E-state index contributed by atoms with van der Waals surface area (Å²) in [6.07, 6.45) is 1.61. The Balaban J connectivity index is 1.62. The second kappa shape index (κ2) is 14.6. The number of hydrogen-bond acceptors (Lipinski definition) is 10. The fourth-order valence-corrected chi connectivity index (χ4v) is 6.65. The summed E-state index contributed by atoms with van der Waals surface area (Å²) in [7, 11) is 0.173. The van der Waals surface area contributed by atoms with E-state index in [2.05, 4.69) is 76.2 Å². The van der Waals surface area contributed by atoms with Gasteiger partial charge in [0.1, 0.15) is 23.0 Å². The predicted molar refractivity (Wildman–Crippen MR) is 177 cm³/mol. The van der Waals surface area contributed by atoms with Crippen LogP contribution in [0.5, 0.6) is 0 Å². The minimum absolute atomic E-state index is 0.105. The number of nitrogens with one attached hydrogen (secondary N) is 1. The van der Waals surface area contributed by atoms with Crippen LogP contribution in [0, 0.1) is 5.82 Å². The molecule has 14 heteroatoms. The number of hydrogen-bond donors (Lipinski definition) is 2. The monoisotopic (exact) mass is 660 g/mol. The van der Waals surface area contributed by atoms with Gasteiger partial charge in [0.2, 0.25) is 5.91 Å². The molecule has 238 valence electrons. The first-order chi connectivity index (χ1) is 20.7. The zero-order valence-corrected chi connectivity index (χ0v) is 28.8. The Morgan fingerprint density at radius 3 is 2.57 bits per heavy atom. The number of carbonyl (C=O) groups is 1. The highest BCUT2D eigenvalue weighted by Gasteiger charge is 2.37. The van der Waals surface area contributed by atoms with Crippen LogP contribution in [0.4, 0.5) is 15.9 Å². The Hall–Kier alpha value is -2.68. The van der Waals surface area contributed by atoms with Crippen LogP contribution >= 0.6 is 23.4 Å². The molecule has 44 heavy (non-hydrogen) atoms. The quantitative estimate of drug-likeness (QED) is 0.141. The number of carbonyl (C=O) groups excluding carboxylic acids is 1. The van der Waals surface area contributed by atoms with Crippen molar-refractivity contribution in [2.75, 3.05) is 50.9 Å². The third-order valence-corrected chi connectivity index (χ3v) is 13.9. The minimum atomic E-state index is -1.91. The summed E-state index contributed by atoms with van der Waals surface area (Å²) >= 11 is 7.67. The highest BCUT2D eigenvalue weighted by Crippen LogP contribution is 2.37. The molecule has 3 N–H and O–H groups in total. The first-order valence-corrected chi connectivity index (χ1v) is 18.9. The van der Waals surface area contributed by atoms with Crippen molar-refractivity contribution in [1.82, 2.24) is 30.0 Å². The van der Waals surface area contributed by atoms with Crippen LogP contribution in [-0.2, 0) is 9.22 Å². The number of aromatic nitrogens is 4. The van der Waals surface area contributed by atoms with Gasteiger partial charge in [0, 0.05) is 61.6 Å². The average Bonchev–Trinajstić information content (AvgIpc) is 2.96. The van der Waals surface area contributed by atoms with E-state index in [0.29, 0.717) is 45.3 Å². The van der Waals surface area contributed by atoms with Crippen LogP contribution in [0.2, 0.25) is 23.2 Å². The second-order valence-corrected chi connectivity index (χ2v) is 18.8. The molecule has 0 aliphatic carbocycles. The fourth-order valence-electron chi connectivity index (χ4n) is 4.56. The summed E-state index contributed by atoms with van der Waals surface area (Å²) in [6.45, 7) is 15.0. The number of thioether (sulfide) groups is 1. The lowest BCUT2D eigenvalue weighted by molar-refractivity contribution is -0.119. The van der Waals surface area contributed by atoms with Crippen LogP contribution in [0.15, 0.2) is 41.7 Å². The third-order valence-electron chi connectivity index (χ3n) is 8.22. The fraction of sp³-hybridized carbons (Fsp3) is 0.500. The van der Waals surface area contributed by atoms with E-state index >= 15 is 0 Å². The van der Waals surface area contributed by atoms with E-state index in [9.17, 15) is 9.18 Å². The maximum absolute atomic E-state index is 14.8. The predicted octanol–water partition coefficient (Wildman–Crippen LogP) is 5.75. The number of nitrogens with zero attached hydrogens (tertiary/aromatic N) is 6. The number of piperazine rings is 1. The van der Waals surface area contributed by atoms with E-state index < -0.39 is 20.0 Å². The molecule has 0 saturated carbocycles. The van der Waals surface area contributed by atoms with Gasteiger partial charge in [-0.1, -0.05) is 32.4 Å². The summed E-state index contributed by atoms with van der Waals surface area (Å²) in [5.41, 5.74) is 7.50. The summed E-state index contributed by atoms with van der Waals surface area (Å²) in [6, 6.07) is 7.60. The van der Waals surface area contributed by atoms with Crippen LogP contribution in [-0.4, -0.2) is 89.8 Å². The smallest absolute Gasteiger partial charge is 0.219 e. The van der Waals surface area contributed by atoms with E-state index in [4.69, 9.17) is 21.8 Å².